The number of thiophene rings is 1. The lowest BCUT2D eigenvalue weighted by atomic mass is 10.2. The van der Waals surface area contributed by atoms with Crippen LogP contribution < -0.4 is 5.32 Å². The minimum atomic E-state index is -0.130. The Morgan fingerprint density at radius 2 is 1.94 bits per heavy atom. The predicted octanol–water partition coefficient (Wildman–Crippen LogP) is 2.80. The Morgan fingerprint density at radius 1 is 1.24 bits per heavy atom. The molecule has 0 bridgehead atoms. The molecule has 3 nitrogen and oxygen atoms in total. The van der Waals surface area contributed by atoms with E-state index < -0.39 is 0 Å². The van der Waals surface area contributed by atoms with Crippen molar-refractivity contribution >= 4 is 11.3 Å². The summed E-state index contributed by atoms with van der Waals surface area (Å²) in [6.45, 7) is 9.17. The molecule has 0 atom stereocenters. The third kappa shape index (κ3) is 5.17. The molecular formula is C13H23NO2S. The third-order valence-corrected chi connectivity index (χ3v) is 3.48. The first-order valence-corrected chi connectivity index (χ1v) is 7.18. The molecule has 0 saturated carbocycles. The van der Waals surface area contributed by atoms with E-state index in [1.165, 1.54) is 10.4 Å². The summed E-state index contributed by atoms with van der Waals surface area (Å²) < 4.78 is 11.0. The molecule has 4 heteroatoms. The van der Waals surface area contributed by atoms with Gasteiger partial charge in [0.2, 0.25) is 0 Å². The standard InChI is InChI=1S/C13H23NO2S/c1-4-11-7-8-17-12(11)9-14-10-13(15-5-2)16-6-3/h7-8,13-14H,4-6,9-10H2,1-3H3. The highest BCUT2D eigenvalue weighted by Gasteiger charge is 2.08. The van der Waals surface area contributed by atoms with E-state index in [1.54, 1.807) is 0 Å². The summed E-state index contributed by atoms with van der Waals surface area (Å²) in [5.41, 5.74) is 1.44. The number of nitrogens with one attached hydrogen (secondary N) is 1. The van der Waals surface area contributed by atoms with Crippen LogP contribution in [0.4, 0.5) is 0 Å². The van der Waals surface area contributed by atoms with Gasteiger partial charge in [-0.2, -0.15) is 0 Å². The molecule has 0 radical (unpaired) electrons. The summed E-state index contributed by atoms with van der Waals surface area (Å²) >= 11 is 1.81. The Hall–Kier alpha value is -0.420. The Bertz CT molecular complexity index is 295. The molecule has 98 valence electrons. The van der Waals surface area contributed by atoms with Crippen LogP contribution in [0.15, 0.2) is 11.4 Å². The number of hydrogen-bond acceptors (Lipinski definition) is 4. The van der Waals surface area contributed by atoms with Crippen LogP contribution in [0.25, 0.3) is 0 Å². The van der Waals surface area contributed by atoms with Crippen molar-refractivity contribution < 1.29 is 9.47 Å². The molecule has 0 spiro atoms. The van der Waals surface area contributed by atoms with E-state index in [0.29, 0.717) is 13.2 Å². The first kappa shape index (κ1) is 14.6. The molecule has 1 aromatic heterocycles. The summed E-state index contributed by atoms with van der Waals surface area (Å²) in [4.78, 5) is 1.42. The van der Waals surface area contributed by atoms with E-state index in [1.807, 2.05) is 25.2 Å². The van der Waals surface area contributed by atoms with Crippen LogP contribution in [0.5, 0.6) is 0 Å². The van der Waals surface area contributed by atoms with E-state index in [9.17, 15) is 0 Å². The summed E-state index contributed by atoms with van der Waals surface area (Å²) in [5, 5.41) is 5.54. The Balaban J connectivity index is 2.30. The highest BCUT2D eigenvalue weighted by atomic mass is 32.1. The van der Waals surface area contributed by atoms with Gasteiger partial charge in [0.1, 0.15) is 0 Å². The van der Waals surface area contributed by atoms with Crippen LogP contribution in [-0.4, -0.2) is 26.0 Å². The number of aryl methyl sites for hydroxylation is 1. The minimum absolute atomic E-state index is 0.130. The average molecular weight is 257 g/mol. The van der Waals surface area contributed by atoms with Gasteiger partial charge in [0, 0.05) is 31.2 Å². The number of hydrogen-bond donors (Lipinski definition) is 1. The van der Waals surface area contributed by atoms with E-state index in [0.717, 1.165) is 19.5 Å². The molecule has 0 unspecified atom stereocenters. The van der Waals surface area contributed by atoms with Gasteiger partial charge in [0.25, 0.3) is 0 Å². The summed E-state index contributed by atoms with van der Waals surface area (Å²) in [6, 6.07) is 2.20. The third-order valence-electron chi connectivity index (χ3n) is 2.52. The first-order valence-electron chi connectivity index (χ1n) is 6.30. The highest BCUT2D eigenvalue weighted by molar-refractivity contribution is 7.10. The van der Waals surface area contributed by atoms with Crippen molar-refractivity contribution in [3.8, 4) is 0 Å². The molecule has 1 aromatic rings. The molecule has 17 heavy (non-hydrogen) atoms. The molecule has 0 amide bonds. The molecule has 1 N–H and O–H groups in total. The number of ether oxygens (including phenoxy) is 2. The van der Waals surface area contributed by atoms with Crippen molar-refractivity contribution in [3.63, 3.8) is 0 Å². The van der Waals surface area contributed by atoms with Gasteiger partial charge >= 0.3 is 0 Å². The summed E-state index contributed by atoms with van der Waals surface area (Å²) in [6.07, 6.45) is 0.968. The van der Waals surface area contributed by atoms with Crippen LogP contribution in [0.3, 0.4) is 0 Å². The van der Waals surface area contributed by atoms with Crippen LogP contribution in [0.1, 0.15) is 31.2 Å². The van der Waals surface area contributed by atoms with E-state index in [2.05, 4.69) is 23.7 Å². The van der Waals surface area contributed by atoms with Gasteiger partial charge in [-0.25, -0.2) is 0 Å². The van der Waals surface area contributed by atoms with Gasteiger partial charge in [-0.15, -0.1) is 11.3 Å². The maximum Gasteiger partial charge on any atom is 0.169 e. The Kier molecular flexibility index (Phi) is 7.44. The van der Waals surface area contributed by atoms with Crippen LogP contribution >= 0.6 is 11.3 Å². The SMILES string of the molecule is CCOC(CNCc1sccc1CC)OCC. The maximum absolute atomic E-state index is 5.48. The monoisotopic (exact) mass is 257 g/mol. The smallest absolute Gasteiger partial charge is 0.169 e. The lowest BCUT2D eigenvalue weighted by Gasteiger charge is -2.17. The Morgan fingerprint density at radius 3 is 2.53 bits per heavy atom. The van der Waals surface area contributed by atoms with Crippen molar-refractivity contribution in [2.45, 2.75) is 40.0 Å². The predicted molar refractivity (Wildman–Crippen MR) is 72.4 cm³/mol. The van der Waals surface area contributed by atoms with E-state index in [4.69, 9.17) is 9.47 Å². The van der Waals surface area contributed by atoms with Crippen LogP contribution in [0.2, 0.25) is 0 Å². The number of rotatable bonds is 9. The summed E-state index contributed by atoms with van der Waals surface area (Å²) in [7, 11) is 0. The van der Waals surface area contributed by atoms with Gasteiger partial charge in [-0.3, -0.25) is 0 Å². The van der Waals surface area contributed by atoms with Crippen molar-refractivity contribution in [2.24, 2.45) is 0 Å². The molecule has 0 aliphatic carbocycles. The summed E-state index contributed by atoms with van der Waals surface area (Å²) in [5.74, 6) is 0. The van der Waals surface area contributed by atoms with E-state index >= 15 is 0 Å². The fourth-order valence-corrected chi connectivity index (χ4v) is 2.62. The zero-order valence-electron chi connectivity index (χ0n) is 11.0. The van der Waals surface area contributed by atoms with Crippen molar-refractivity contribution in [2.75, 3.05) is 19.8 Å². The second kappa shape index (κ2) is 8.64. The Labute approximate surface area is 108 Å². The van der Waals surface area contributed by atoms with Gasteiger partial charge in [-0.05, 0) is 37.3 Å². The minimum Gasteiger partial charge on any atom is -0.352 e. The topological polar surface area (TPSA) is 30.5 Å². The second-order valence-corrected chi connectivity index (χ2v) is 4.69. The molecule has 1 rings (SSSR count). The van der Waals surface area contributed by atoms with Crippen molar-refractivity contribution in [1.82, 2.24) is 5.32 Å². The van der Waals surface area contributed by atoms with Gasteiger partial charge < -0.3 is 14.8 Å². The van der Waals surface area contributed by atoms with Crippen molar-refractivity contribution in [1.29, 1.82) is 0 Å². The molecular weight excluding hydrogens is 234 g/mol. The van der Waals surface area contributed by atoms with Crippen LogP contribution in [-0.2, 0) is 22.4 Å². The lowest BCUT2D eigenvalue weighted by Crippen LogP contribution is -2.31. The van der Waals surface area contributed by atoms with Gasteiger partial charge in [-0.1, -0.05) is 6.92 Å². The van der Waals surface area contributed by atoms with Gasteiger partial charge in [0.05, 0.1) is 0 Å². The van der Waals surface area contributed by atoms with E-state index in [-0.39, 0.29) is 6.29 Å². The fraction of sp³-hybridized carbons (Fsp3) is 0.692. The second-order valence-electron chi connectivity index (χ2n) is 3.69. The van der Waals surface area contributed by atoms with Crippen molar-refractivity contribution in [3.05, 3.63) is 21.9 Å². The molecule has 0 aromatic carbocycles. The zero-order valence-corrected chi connectivity index (χ0v) is 11.8. The molecule has 0 fully saturated rings. The highest BCUT2D eigenvalue weighted by Crippen LogP contribution is 2.16. The quantitative estimate of drug-likeness (QED) is 0.690. The zero-order chi connectivity index (χ0) is 12.5. The molecule has 0 saturated heterocycles. The largest absolute Gasteiger partial charge is 0.352 e. The molecule has 0 aliphatic heterocycles. The molecule has 0 aliphatic rings. The molecule has 1 heterocycles. The lowest BCUT2D eigenvalue weighted by molar-refractivity contribution is -0.133. The van der Waals surface area contributed by atoms with Gasteiger partial charge in [0.15, 0.2) is 6.29 Å². The average Bonchev–Trinajstić information content (AvgIpc) is 2.77. The fourth-order valence-electron chi connectivity index (χ4n) is 1.68. The van der Waals surface area contributed by atoms with Crippen LogP contribution in [0, 0.1) is 0 Å². The first-order chi connectivity index (χ1) is 8.31. The maximum atomic E-state index is 5.48. The normalized spacial score (nSPS) is 11.3.